The maximum atomic E-state index is 12.7. The molecule has 118 valence electrons. The third kappa shape index (κ3) is 3.13. The van der Waals surface area contributed by atoms with E-state index >= 15 is 0 Å². The summed E-state index contributed by atoms with van der Waals surface area (Å²) in [6.45, 7) is 6.00. The molecule has 7 heteroatoms. The maximum Gasteiger partial charge on any atom is 0.435 e. The Kier molecular flexibility index (Phi) is 3.76. The minimum absolute atomic E-state index is 0.116. The molecule has 0 saturated carbocycles. The van der Waals surface area contributed by atoms with Gasteiger partial charge in [0.1, 0.15) is 0 Å². The van der Waals surface area contributed by atoms with Crippen LogP contribution in [0.5, 0.6) is 0 Å². The number of carboxylic acids is 1. The van der Waals surface area contributed by atoms with Crippen molar-refractivity contribution in [3.8, 4) is 5.69 Å². The molecule has 22 heavy (non-hydrogen) atoms. The van der Waals surface area contributed by atoms with Gasteiger partial charge in [0.05, 0.1) is 5.69 Å². The highest BCUT2D eigenvalue weighted by Crippen LogP contribution is 2.30. The Balaban J connectivity index is 2.52. The lowest BCUT2D eigenvalue weighted by molar-refractivity contribution is -0.141. The van der Waals surface area contributed by atoms with Crippen molar-refractivity contribution in [3.63, 3.8) is 0 Å². The number of aromatic nitrogens is 2. The van der Waals surface area contributed by atoms with Gasteiger partial charge in [0.25, 0.3) is 0 Å². The van der Waals surface area contributed by atoms with Gasteiger partial charge in [0.15, 0.2) is 11.4 Å². The standard InChI is InChI=1S/C15H15F3N2O2/c1-14(2,3)9-4-6-10(7-5-9)20-11(13(21)22)8-12(19-20)15(16,17)18/h4-8H,1-3H3,(H,21,22). The minimum Gasteiger partial charge on any atom is -0.477 e. The van der Waals surface area contributed by atoms with Crippen LogP contribution in [0.15, 0.2) is 30.3 Å². The molecule has 0 unspecified atom stereocenters. The first-order chi connectivity index (χ1) is 10.00. The summed E-state index contributed by atoms with van der Waals surface area (Å²) in [6.07, 6.45) is -4.69. The van der Waals surface area contributed by atoms with E-state index in [1.54, 1.807) is 24.3 Å². The number of aromatic carboxylic acids is 1. The topological polar surface area (TPSA) is 55.1 Å². The molecule has 0 aliphatic rings. The lowest BCUT2D eigenvalue weighted by Gasteiger charge is -2.19. The van der Waals surface area contributed by atoms with Crippen molar-refractivity contribution in [2.24, 2.45) is 0 Å². The van der Waals surface area contributed by atoms with Crippen LogP contribution in [0.3, 0.4) is 0 Å². The van der Waals surface area contributed by atoms with Gasteiger partial charge in [-0.3, -0.25) is 0 Å². The van der Waals surface area contributed by atoms with E-state index in [0.717, 1.165) is 10.2 Å². The summed E-state index contributed by atoms with van der Waals surface area (Å²) >= 11 is 0. The summed E-state index contributed by atoms with van der Waals surface area (Å²) in [6, 6.07) is 7.13. The van der Waals surface area contributed by atoms with E-state index in [1.807, 2.05) is 20.8 Å². The number of hydrogen-bond acceptors (Lipinski definition) is 2. The quantitative estimate of drug-likeness (QED) is 0.915. The summed E-state index contributed by atoms with van der Waals surface area (Å²) in [5.74, 6) is -1.47. The molecule has 1 N–H and O–H groups in total. The Morgan fingerprint density at radius 1 is 1.14 bits per heavy atom. The monoisotopic (exact) mass is 312 g/mol. The Labute approximate surface area is 125 Å². The fraction of sp³-hybridized carbons (Fsp3) is 0.333. The van der Waals surface area contributed by atoms with E-state index in [9.17, 15) is 18.0 Å². The smallest absolute Gasteiger partial charge is 0.435 e. The molecular formula is C15H15F3N2O2. The van der Waals surface area contributed by atoms with Crippen LogP contribution in [0.25, 0.3) is 5.69 Å². The van der Waals surface area contributed by atoms with Crippen molar-refractivity contribution in [2.75, 3.05) is 0 Å². The van der Waals surface area contributed by atoms with Crippen LogP contribution in [0.2, 0.25) is 0 Å². The molecule has 0 bridgehead atoms. The van der Waals surface area contributed by atoms with E-state index in [-0.39, 0.29) is 11.1 Å². The molecule has 0 atom stereocenters. The van der Waals surface area contributed by atoms with Gasteiger partial charge < -0.3 is 5.11 Å². The first-order valence-corrected chi connectivity index (χ1v) is 6.51. The van der Waals surface area contributed by atoms with Crippen molar-refractivity contribution < 1.29 is 23.1 Å². The fourth-order valence-corrected chi connectivity index (χ4v) is 1.97. The first-order valence-electron chi connectivity index (χ1n) is 6.51. The van der Waals surface area contributed by atoms with Crippen molar-refractivity contribution in [2.45, 2.75) is 32.4 Å². The van der Waals surface area contributed by atoms with Gasteiger partial charge in [-0.05, 0) is 23.1 Å². The predicted octanol–water partition coefficient (Wildman–Crippen LogP) is 3.89. The zero-order valence-corrected chi connectivity index (χ0v) is 12.3. The van der Waals surface area contributed by atoms with Crippen LogP contribution in [0, 0.1) is 0 Å². The third-order valence-corrected chi connectivity index (χ3v) is 3.20. The van der Waals surface area contributed by atoms with Gasteiger partial charge in [-0.15, -0.1) is 0 Å². The van der Waals surface area contributed by atoms with Crippen LogP contribution in [0.1, 0.15) is 42.5 Å². The number of rotatable bonds is 2. The zero-order chi connectivity index (χ0) is 16.7. The van der Waals surface area contributed by atoms with Gasteiger partial charge in [-0.25, -0.2) is 9.48 Å². The first kappa shape index (κ1) is 16.1. The molecule has 2 aromatic rings. The average molecular weight is 312 g/mol. The van der Waals surface area contributed by atoms with Gasteiger partial charge in [0.2, 0.25) is 0 Å². The summed E-state index contributed by atoms with van der Waals surface area (Å²) in [5.41, 5.74) is -0.632. The number of hydrogen-bond donors (Lipinski definition) is 1. The summed E-state index contributed by atoms with van der Waals surface area (Å²) in [5, 5.41) is 12.4. The molecule has 0 aliphatic carbocycles. The number of carbonyl (C=O) groups is 1. The van der Waals surface area contributed by atoms with Crippen LogP contribution in [0.4, 0.5) is 13.2 Å². The predicted molar refractivity (Wildman–Crippen MR) is 74.2 cm³/mol. The molecule has 1 heterocycles. The SMILES string of the molecule is CC(C)(C)c1ccc(-n2nc(C(F)(F)F)cc2C(=O)O)cc1. The van der Waals surface area contributed by atoms with Gasteiger partial charge in [0, 0.05) is 6.07 Å². The molecule has 0 saturated heterocycles. The van der Waals surface area contributed by atoms with E-state index in [1.165, 1.54) is 0 Å². The summed E-state index contributed by atoms with van der Waals surface area (Å²) < 4.78 is 38.9. The average Bonchev–Trinajstić information content (AvgIpc) is 2.82. The number of nitrogens with zero attached hydrogens (tertiary/aromatic N) is 2. The second-order valence-corrected chi connectivity index (χ2v) is 5.93. The van der Waals surface area contributed by atoms with E-state index in [2.05, 4.69) is 5.10 Å². The molecule has 4 nitrogen and oxygen atoms in total. The van der Waals surface area contributed by atoms with Crippen LogP contribution in [-0.4, -0.2) is 20.9 Å². The molecule has 0 radical (unpaired) electrons. The van der Waals surface area contributed by atoms with E-state index < -0.39 is 23.5 Å². The largest absolute Gasteiger partial charge is 0.477 e. The van der Waals surface area contributed by atoms with Gasteiger partial charge in [-0.1, -0.05) is 32.9 Å². The minimum atomic E-state index is -4.69. The Hall–Kier alpha value is -2.31. The molecule has 1 aromatic heterocycles. The second-order valence-electron chi connectivity index (χ2n) is 5.93. The summed E-state index contributed by atoms with van der Waals surface area (Å²) in [7, 11) is 0. The number of benzene rings is 1. The molecule has 2 rings (SSSR count). The second kappa shape index (κ2) is 5.15. The fourth-order valence-electron chi connectivity index (χ4n) is 1.97. The number of carboxylic acid groups (broad SMARTS) is 1. The Morgan fingerprint density at radius 2 is 1.68 bits per heavy atom. The zero-order valence-electron chi connectivity index (χ0n) is 12.3. The molecular weight excluding hydrogens is 297 g/mol. The highest BCUT2D eigenvalue weighted by Gasteiger charge is 2.36. The number of halogens is 3. The highest BCUT2D eigenvalue weighted by molar-refractivity contribution is 5.86. The lowest BCUT2D eigenvalue weighted by Crippen LogP contribution is -2.12. The van der Waals surface area contributed by atoms with Crippen molar-refractivity contribution >= 4 is 5.97 Å². The van der Waals surface area contributed by atoms with E-state index in [0.29, 0.717) is 6.07 Å². The molecule has 1 aromatic carbocycles. The van der Waals surface area contributed by atoms with Crippen LogP contribution in [-0.2, 0) is 11.6 Å². The molecule has 0 spiro atoms. The molecule has 0 aliphatic heterocycles. The Bertz CT molecular complexity index is 695. The van der Waals surface area contributed by atoms with E-state index in [4.69, 9.17) is 5.11 Å². The van der Waals surface area contributed by atoms with Crippen molar-refractivity contribution in [1.29, 1.82) is 0 Å². The third-order valence-electron chi connectivity index (χ3n) is 3.20. The summed E-state index contributed by atoms with van der Waals surface area (Å²) in [4.78, 5) is 11.1. The van der Waals surface area contributed by atoms with Gasteiger partial charge >= 0.3 is 12.1 Å². The number of alkyl halides is 3. The highest BCUT2D eigenvalue weighted by atomic mass is 19.4. The van der Waals surface area contributed by atoms with Gasteiger partial charge in [-0.2, -0.15) is 18.3 Å². The van der Waals surface area contributed by atoms with Crippen LogP contribution < -0.4 is 0 Å². The van der Waals surface area contributed by atoms with Crippen molar-refractivity contribution in [1.82, 2.24) is 9.78 Å². The normalized spacial score (nSPS) is 12.5. The maximum absolute atomic E-state index is 12.7. The van der Waals surface area contributed by atoms with Crippen LogP contribution >= 0.6 is 0 Å². The molecule has 0 fully saturated rings. The lowest BCUT2D eigenvalue weighted by atomic mass is 9.87. The van der Waals surface area contributed by atoms with Crippen molar-refractivity contribution in [3.05, 3.63) is 47.3 Å². The molecule has 0 amide bonds. The Morgan fingerprint density at radius 3 is 2.09 bits per heavy atom.